The molecular formula is C17H28N2O2. The Balaban J connectivity index is 1.87. The van der Waals surface area contributed by atoms with Crippen LogP contribution in [-0.4, -0.2) is 44.8 Å². The lowest BCUT2D eigenvalue weighted by atomic mass is 10.1. The van der Waals surface area contributed by atoms with Gasteiger partial charge >= 0.3 is 0 Å². The Kier molecular flexibility index (Phi) is 6.33. The number of methoxy groups -OCH3 is 2. The first-order chi connectivity index (χ1) is 10.3. The number of benzene rings is 1. The summed E-state index contributed by atoms with van der Waals surface area (Å²) in [6, 6.07) is 6.75. The van der Waals surface area contributed by atoms with E-state index in [1.807, 2.05) is 6.07 Å². The molecule has 4 nitrogen and oxygen atoms in total. The summed E-state index contributed by atoms with van der Waals surface area (Å²) in [4.78, 5) is 2.54. The molecule has 1 aliphatic rings. The second-order valence-corrected chi connectivity index (χ2v) is 5.63. The maximum absolute atomic E-state index is 5.36. The van der Waals surface area contributed by atoms with Crippen LogP contribution in [0.2, 0.25) is 0 Å². The van der Waals surface area contributed by atoms with Crippen LogP contribution >= 0.6 is 0 Å². The van der Waals surface area contributed by atoms with E-state index < -0.39 is 0 Å². The van der Waals surface area contributed by atoms with Crippen LogP contribution in [0.25, 0.3) is 0 Å². The number of rotatable bonds is 6. The van der Waals surface area contributed by atoms with Crippen LogP contribution in [0.5, 0.6) is 11.5 Å². The molecule has 1 unspecified atom stereocenters. The monoisotopic (exact) mass is 292 g/mol. The summed E-state index contributed by atoms with van der Waals surface area (Å²) in [5.74, 6) is 1.59. The average molecular weight is 292 g/mol. The third-order valence-corrected chi connectivity index (χ3v) is 4.31. The van der Waals surface area contributed by atoms with Gasteiger partial charge in [-0.1, -0.05) is 13.0 Å². The molecule has 1 saturated heterocycles. The molecule has 1 fully saturated rings. The van der Waals surface area contributed by atoms with Crippen LogP contribution < -0.4 is 14.8 Å². The zero-order valence-electron chi connectivity index (χ0n) is 13.5. The summed E-state index contributed by atoms with van der Waals surface area (Å²) in [5, 5.41) is 3.69. The van der Waals surface area contributed by atoms with Crippen molar-refractivity contribution in [1.82, 2.24) is 10.2 Å². The molecular weight excluding hydrogens is 264 g/mol. The van der Waals surface area contributed by atoms with E-state index in [0.717, 1.165) is 18.0 Å². The van der Waals surface area contributed by atoms with Crippen molar-refractivity contribution in [2.75, 3.05) is 33.9 Å². The zero-order chi connectivity index (χ0) is 15.1. The third kappa shape index (κ3) is 4.61. The van der Waals surface area contributed by atoms with Crippen molar-refractivity contribution in [3.8, 4) is 11.5 Å². The van der Waals surface area contributed by atoms with Gasteiger partial charge < -0.3 is 19.7 Å². The van der Waals surface area contributed by atoms with Crippen molar-refractivity contribution in [3.05, 3.63) is 23.8 Å². The standard InChI is InChI=1S/C17H28N2O2/c1-4-19-10-5-6-15(9-11-19)18-13-14-7-8-16(20-2)17(12-14)21-3/h7-8,12,15,18H,4-6,9-11,13H2,1-3H3. The minimum Gasteiger partial charge on any atom is -0.493 e. The number of ether oxygens (including phenoxy) is 2. The lowest BCUT2D eigenvalue weighted by molar-refractivity contribution is 0.297. The average Bonchev–Trinajstić information content (AvgIpc) is 2.77. The van der Waals surface area contributed by atoms with Crippen LogP contribution in [0.1, 0.15) is 31.7 Å². The molecule has 0 spiro atoms. The predicted molar refractivity (Wildman–Crippen MR) is 86.1 cm³/mol. The summed E-state index contributed by atoms with van der Waals surface area (Å²) in [5.41, 5.74) is 1.24. The van der Waals surface area contributed by atoms with Crippen molar-refractivity contribution in [2.45, 2.75) is 38.8 Å². The Morgan fingerprint density at radius 3 is 2.67 bits per heavy atom. The zero-order valence-corrected chi connectivity index (χ0v) is 13.5. The molecule has 1 aliphatic heterocycles. The largest absolute Gasteiger partial charge is 0.493 e. The molecule has 0 radical (unpaired) electrons. The van der Waals surface area contributed by atoms with Gasteiger partial charge in [0.15, 0.2) is 11.5 Å². The molecule has 1 N–H and O–H groups in total. The quantitative estimate of drug-likeness (QED) is 0.874. The second-order valence-electron chi connectivity index (χ2n) is 5.63. The van der Waals surface area contributed by atoms with Crippen LogP contribution in [-0.2, 0) is 6.54 Å². The normalized spacial score (nSPS) is 20.0. The fourth-order valence-corrected chi connectivity index (χ4v) is 2.93. The Morgan fingerprint density at radius 1 is 1.14 bits per heavy atom. The van der Waals surface area contributed by atoms with E-state index in [4.69, 9.17) is 9.47 Å². The highest BCUT2D eigenvalue weighted by molar-refractivity contribution is 5.42. The summed E-state index contributed by atoms with van der Waals surface area (Å²) in [6.07, 6.45) is 3.79. The van der Waals surface area contributed by atoms with Gasteiger partial charge in [0, 0.05) is 12.6 Å². The molecule has 1 aromatic rings. The van der Waals surface area contributed by atoms with E-state index in [1.165, 1.54) is 44.5 Å². The van der Waals surface area contributed by atoms with Gasteiger partial charge in [0.2, 0.25) is 0 Å². The lowest BCUT2D eigenvalue weighted by Crippen LogP contribution is -2.30. The topological polar surface area (TPSA) is 33.7 Å². The van der Waals surface area contributed by atoms with Crippen molar-refractivity contribution in [2.24, 2.45) is 0 Å². The number of hydrogen-bond acceptors (Lipinski definition) is 4. The fourth-order valence-electron chi connectivity index (χ4n) is 2.93. The molecule has 1 atom stereocenters. The van der Waals surface area contributed by atoms with Crippen LogP contribution in [0.3, 0.4) is 0 Å². The number of hydrogen-bond donors (Lipinski definition) is 1. The van der Waals surface area contributed by atoms with Crippen molar-refractivity contribution < 1.29 is 9.47 Å². The van der Waals surface area contributed by atoms with Gasteiger partial charge in [-0.25, -0.2) is 0 Å². The number of nitrogens with one attached hydrogen (secondary N) is 1. The van der Waals surface area contributed by atoms with Gasteiger partial charge in [-0.3, -0.25) is 0 Å². The summed E-state index contributed by atoms with van der Waals surface area (Å²) < 4.78 is 10.6. The molecule has 4 heteroatoms. The first-order valence-corrected chi connectivity index (χ1v) is 7.93. The first-order valence-electron chi connectivity index (χ1n) is 7.93. The molecule has 0 aromatic heterocycles. The SMILES string of the molecule is CCN1CCCC(NCc2ccc(OC)c(OC)c2)CC1. The third-order valence-electron chi connectivity index (χ3n) is 4.31. The molecule has 1 aromatic carbocycles. The van der Waals surface area contributed by atoms with Crippen LogP contribution in [0.4, 0.5) is 0 Å². The van der Waals surface area contributed by atoms with E-state index >= 15 is 0 Å². The van der Waals surface area contributed by atoms with Gasteiger partial charge in [-0.2, -0.15) is 0 Å². The summed E-state index contributed by atoms with van der Waals surface area (Å²) in [6.45, 7) is 6.75. The minimum atomic E-state index is 0.620. The Labute approximate surface area is 128 Å². The molecule has 0 bridgehead atoms. The number of nitrogens with zero attached hydrogens (tertiary/aromatic N) is 1. The molecule has 118 valence electrons. The van der Waals surface area contributed by atoms with E-state index in [9.17, 15) is 0 Å². The Hall–Kier alpha value is -1.26. The van der Waals surface area contributed by atoms with Gasteiger partial charge in [-0.15, -0.1) is 0 Å². The van der Waals surface area contributed by atoms with Crippen LogP contribution in [0.15, 0.2) is 18.2 Å². The first kappa shape index (κ1) is 16.1. The maximum Gasteiger partial charge on any atom is 0.161 e. The van der Waals surface area contributed by atoms with Gasteiger partial charge in [0.1, 0.15) is 0 Å². The highest BCUT2D eigenvalue weighted by atomic mass is 16.5. The Bertz CT molecular complexity index is 437. The highest BCUT2D eigenvalue weighted by Crippen LogP contribution is 2.27. The van der Waals surface area contributed by atoms with Crippen LogP contribution in [0, 0.1) is 0 Å². The fraction of sp³-hybridized carbons (Fsp3) is 0.647. The molecule has 0 aliphatic carbocycles. The molecule has 2 rings (SSSR count). The van der Waals surface area contributed by atoms with Gasteiger partial charge in [-0.05, 0) is 56.6 Å². The van der Waals surface area contributed by atoms with Gasteiger partial charge in [0.25, 0.3) is 0 Å². The van der Waals surface area contributed by atoms with Crippen molar-refractivity contribution in [3.63, 3.8) is 0 Å². The highest BCUT2D eigenvalue weighted by Gasteiger charge is 2.15. The van der Waals surface area contributed by atoms with E-state index in [0.29, 0.717) is 6.04 Å². The molecule has 1 heterocycles. The van der Waals surface area contributed by atoms with E-state index in [-0.39, 0.29) is 0 Å². The lowest BCUT2D eigenvalue weighted by Gasteiger charge is -2.18. The summed E-state index contributed by atoms with van der Waals surface area (Å²) >= 11 is 0. The number of likely N-dealkylation sites (tertiary alicyclic amines) is 1. The molecule has 0 saturated carbocycles. The maximum atomic E-state index is 5.36. The van der Waals surface area contributed by atoms with E-state index in [1.54, 1.807) is 14.2 Å². The van der Waals surface area contributed by atoms with Crippen molar-refractivity contribution >= 4 is 0 Å². The predicted octanol–water partition coefficient (Wildman–Crippen LogP) is 2.67. The molecule has 21 heavy (non-hydrogen) atoms. The van der Waals surface area contributed by atoms with Gasteiger partial charge in [0.05, 0.1) is 14.2 Å². The Morgan fingerprint density at radius 2 is 1.95 bits per heavy atom. The summed E-state index contributed by atoms with van der Waals surface area (Å²) in [7, 11) is 3.35. The molecule has 0 amide bonds. The minimum absolute atomic E-state index is 0.620. The second kappa shape index (κ2) is 8.25. The van der Waals surface area contributed by atoms with E-state index in [2.05, 4.69) is 29.3 Å². The van der Waals surface area contributed by atoms with Crippen molar-refractivity contribution in [1.29, 1.82) is 0 Å². The smallest absolute Gasteiger partial charge is 0.161 e.